The summed E-state index contributed by atoms with van der Waals surface area (Å²) in [5.41, 5.74) is 48.4. The first-order chi connectivity index (χ1) is 66.2. The van der Waals surface area contributed by atoms with Gasteiger partial charge in [0.15, 0.2) is 31.0 Å². The quantitative estimate of drug-likeness (QED) is 0.153. The molecule has 0 radical (unpaired) electrons. The van der Waals surface area contributed by atoms with E-state index in [0.29, 0.717) is 0 Å². The molecule has 5 heteroatoms. The number of aryl methyl sites for hydroxylation is 9. The van der Waals surface area contributed by atoms with E-state index in [1.54, 1.807) is 0 Å². The molecule has 5 aliphatic rings. The van der Waals surface area contributed by atoms with E-state index >= 15 is 0 Å². The van der Waals surface area contributed by atoms with E-state index in [1.165, 1.54) is 195 Å². The summed E-state index contributed by atoms with van der Waals surface area (Å²) < 4.78 is 11.1. The maximum absolute atomic E-state index is 2.38. The number of hydrogen-bond acceptors (Lipinski definition) is 0. The number of hydrogen-bond donors (Lipinski definition) is 0. The highest BCUT2D eigenvalue weighted by Gasteiger charge is 2.32. The van der Waals surface area contributed by atoms with Crippen LogP contribution in [0, 0.1) is 34.6 Å². The Labute approximate surface area is 826 Å². The molecule has 135 heavy (non-hydrogen) atoms. The van der Waals surface area contributed by atoms with E-state index in [2.05, 4.69) is 397 Å². The number of nitrogens with zero attached hydrogens (tertiary/aromatic N) is 5. The summed E-state index contributed by atoms with van der Waals surface area (Å²) in [6.07, 6.45) is 15.9. The van der Waals surface area contributed by atoms with E-state index < -0.39 is 0 Å². The summed E-state index contributed by atoms with van der Waals surface area (Å²) in [5, 5.41) is 0. The summed E-state index contributed by atoms with van der Waals surface area (Å²) in [4.78, 5) is 0. The van der Waals surface area contributed by atoms with Crippen molar-refractivity contribution in [1.29, 1.82) is 0 Å². The number of aromatic nitrogens is 5. The first kappa shape index (κ1) is 121. The standard InChI is InChI=1S/5C20H18N.15C2H6/c1-14-7-3-5-9-17(14)20-19-16(11-12-21(20)2)13-15-8-4-6-10-18(15)19;1-14-7-3-5-9-16(14)20-19-13-15-8-4-6-10-17(15)18(19)11-12-21(20)2;1-14-16(20-9-5-6-12-21(20)2)10-11-18-17-8-4-3-7-15(17)13-19(14)18;1-14-11-19-16(12-15-7-3-4-8-17(15)19)13-18(14)20-9-5-6-10-21(20)2;1-14-11-16-12-15-7-3-4-8-17(15)19(16)13-18(14)20-9-5-6-10-21(20)2;15*1-2/h3*3-12H,13H2,1-2H3;2*3-11,13H,12H2,1-2H3;15*1-2H3/q5*+1;;;;;;;;;;;;;;;. The van der Waals surface area contributed by atoms with Gasteiger partial charge in [-0.3, -0.25) is 0 Å². The van der Waals surface area contributed by atoms with Gasteiger partial charge >= 0.3 is 0 Å². The van der Waals surface area contributed by atoms with Gasteiger partial charge in [0, 0.05) is 88.3 Å². The van der Waals surface area contributed by atoms with Gasteiger partial charge < -0.3 is 0 Å². The lowest BCUT2D eigenvalue weighted by molar-refractivity contribution is -0.660. The third-order valence-corrected chi connectivity index (χ3v) is 22.5. The monoisotopic (exact) mass is 1810 g/mol. The number of rotatable bonds is 5. The van der Waals surface area contributed by atoms with Crippen molar-refractivity contribution in [3.05, 3.63) is 387 Å². The molecule has 5 heterocycles. The van der Waals surface area contributed by atoms with Gasteiger partial charge in [-0.15, -0.1) is 0 Å². The Hall–Kier alpha value is -12.1. The number of fused-ring (bicyclic) bond motifs is 15. The van der Waals surface area contributed by atoms with E-state index in [1.807, 2.05) is 208 Å². The van der Waals surface area contributed by atoms with Crippen LogP contribution in [-0.4, -0.2) is 0 Å². The number of benzene rings is 10. The molecule has 0 bridgehead atoms. The molecule has 0 aliphatic heterocycles. The molecule has 10 aromatic carbocycles. The second kappa shape index (κ2) is 67.2. The Morgan fingerprint density at radius 2 is 0.444 bits per heavy atom. The zero-order valence-electron chi connectivity index (χ0n) is 92.1. The Bertz CT molecular complexity index is 5850. The van der Waals surface area contributed by atoms with Crippen molar-refractivity contribution in [2.75, 3.05) is 0 Å². The molecule has 5 nitrogen and oxygen atoms in total. The van der Waals surface area contributed by atoms with Crippen LogP contribution in [0.2, 0.25) is 0 Å². The van der Waals surface area contributed by atoms with Gasteiger partial charge in [0.25, 0.3) is 0 Å². The Kier molecular flexibility index (Phi) is 60.2. The molecule has 0 saturated heterocycles. The topological polar surface area (TPSA) is 19.4 Å². The van der Waals surface area contributed by atoms with Crippen molar-refractivity contribution >= 4 is 0 Å². The fraction of sp³-hybridized carbons (Fsp3) is 0.346. The Morgan fingerprint density at radius 1 is 0.163 bits per heavy atom. The van der Waals surface area contributed by atoms with Crippen molar-refractivity contribution in [2.45, 2.75) is 274 Å². The molecule has 5 aromatic heterocycles. The van der Waals surface area contributed by atoms with Gasteiger partial charge in [0.2, 0.25) is 28.5 Å². The highest BCUT2D eigenvalue weighted by atomic mass is 14.9. The maximum Gasteiger partial charge on any atom is 0.220 e. The molecule has 0 atom stereocenters. The minimum absolute atomic E-state index is 1.03. The van der Waals surface area contributed by atoms with E-state index in [9.17, 15) is 0 Å². The van der Waals surface area contributed by atoms with Gasteiger partial charge in [-0.2, -0.15) is 0 Å². The van der Waals surface area contributed by atoms with Crippen LogP contribution in [0.25, 0.3) is 112 Å². The fourth-order valence-electron chi connectivity index (χ4n) is 17.1. The van der Waals surface area contributed by atoms with Crippen LogP contribution in [-0.2, 0) is 67.3 Å². The van der Waals surface area contributed by atoms with Gasteiger partial charge in [-0.05, 0) is 237 Å². The van der Waals surface area contributed by atoms with Crippen molar-refractivity contribution < 1.29 is 22.8 Å². The molecule has 5 aliphatic carbocycles. The lowest BCUT2D eigenvalue weighted by Crippen LogP contribution is -2.32. The largest absolute Gasteiger partial charge is 0.220 e. The molecule has 15 aromatic rings. The average molecular weight is 1810 g/mol. The van der Waals surface area contributed by atoms with Crippen LogP contribution in [0.1, 0.15) is 291 Å². The predicted octanol–water partition coefficient (Wildman–Crippen LogP) is 35.7. The molecule has 0 amide bonds. The minimum Gasteiger partial charge on any atom is -0.201 e. The zero-order valence-corrected chi connectivity index (χ0v) is 92.1. The SMILES string of the molecule is CC.CC.CC.CC.CC.CC.CC.CC.CC.CC.CC.CC.CC.CC.CC.Cc1c(-c2cccc[n+]2C)ccc2c1Cc1ccccc1-2.Cc1cc2c(cc1-c1cccc[n+]1C)-c1ccccc1C2.Cc1cc2c(cc1-c1cccc[n+]1C)Cc1ccccc1-2.Cc1ccccc1-c1c2c(cc[n+]1C)-c1ccccc1C2.Cc1ccccc1-c1c2c(cc[n+]1C)Cc1ccccc1-2. The molecule has 720 valence electrons. The van der Waals surface area contributed by atoms with Crippen molar-refractivity contribution in [2.24, 2.45) is 35.2 Å². The van der Waals surface area contributed by atoms with Crippen LogP contribution >= 0.6 is 0 Å². The molecule has 20 rings (SSSR count). The third-order valence-electron chi connectivity index (χ3n) is 22.5. The lowest BCUT2D eigenvalue weighted by atomic mass is 9.95. The molecular weight excluding hydrogens is 1630 g/mol. The van der Waals surface area contributed by atoms with Crippen molar-refractivity contribution in [1.82, 2.24) is 0 Å². The Morgan fingerprint density at radius 3 is 0.859 bits per heavy atom. The molecule has 0 spiro atoms. The van der Waals surface area contributed by atoms with E-state index in [-0.39, 0.29) is 0 Å². The second-order valence-corrected chi connectivity index (χ2v) is 29.1. The zero-order chi connectivity index (χ0) is 102. The summed E-state index contributed by atoms with van der Waals surface area (Å²) in [6, 6.07) is 98.7. The molecule has 0 fully saturated rings. The van der Waals surface area contributed by atoms with Gasteiger partial charge in [-0.1, -0.05) is 384 Å². The first-order valence-corrected chi connectivity index (χ1v) is 52.1. The van der Waals surface area contributed by atoms with Gasteiger partial charge in [0.1, 0.15) is 35.2 Å². The highest BCUT2D eigenvalue weighted by Crippen LogP contribution is 2.46. The molecule has 0 unspecified atom stereocenters. The summed E-state index contributed by atoms with van der Waals surface area (Å²) in [5.74, 6) is 0. The lowest BCUT2D eigenvalue weighted by Gasteiger charge is -2.09. The third kappa shape index (κ3) is 30.2. The highest BCUT2D eigenvalue weighted by molar-refractivity contribution is 5.89. The Balaban J connectivity index is 0.000000787. The molecule has 0 saturated carbocycles. The van der Waals surface area contributed by atoms with E-state index in [0.717, 1.165) is 32.1 Å². The second-order valence-electron chi connectivity index (χ2n) is 29.1. The first-order valence-electron chi connectivity index (χ1n) is 52.1. The average Bonchev–Trinajstić information content (AvgIpc) is 1.62. The minimum atomic E-state index is 1.03. The van der Waals surface area contributed by atoms with Crippen LogP contribution in [0.3, 0.4) is 0 Å². The van der Waals surface area contributed by atoms with E-state index in [4.69, 9.17) is 0 Å². The van der Waals surface area contributed by atoms with Gasteiger partial charge in [0.05, 0.1) is 5.56 Å². The smallest absolute Gasteiger partial charge is 0.201 e. The predicted molar refractivity (Wildman–Crippen MR) is 600 cm³/mol. The van der Waals surface area contributed by atoms with Crippen LogP contribution in [0.4, 0.5) is 0 Å². The van der Waals surface area contributed by atoms with Crippen LogP contribution < -0.4 is 22.8 Å². The summed E-state index contributed by atoms with van der Waals surface area (Å²) in [7, 11) is 10.6. The van der Waals surface area contributed by atoms with Crippen LogP contribution in [0.15, 0.2) is 304 Å². The van der Waals surface area contributed by atoms with Crippen molar-refractivity contribution in [3.8, 4) is 112 Å². The maximum atomic E-state index is 2.38. The molecule has 0 N–H and O–H groups in total. The van der Waals surface area contributed by atoms with Crippen molar-refractivity contribution in [3.63, 3.8) is 0 Å². The fourth-order valence-corrected chi connectivity index (χ4v) is 17.1. The summed E-state index contributed by atoms with van der Waals surface area (Å²) in [6.45, 7) is 71.1. The summed E-state index contributed by atoms with van der Waals surface area (Å²) >= 11 is 0. The number of pyridine rings is 5. The molecular formula is C130H180N5+5. The van der Waals surface area contributed by atoms with Crippen LogP contribution in [0.5, 0.6) is 0 Å². The van der Waals surface area contributed by atoms with Gasteiger partial charge in [-0.25, -0.2) is 22.8 Å². The normalized spacial score (nSPS) is 10.1.